The van der Waals surface area contributed by atoms with E-state index in [0.29, 0.717) is 5.56 Å². The predicted octanol–water partition coefficient (Wildman–Crippen LogP) is 2.74. The molecule has 0 saturated heterocycles. The van der Waals surface area contributed by atoms with Gasteiger partial charge in [0, 0.05) is 18.7 Å². The Morgan fingerprint density at radius 3 is 2.93 bits per heavy atom. The molecule has 1 aliphatic heterocycles. The second-order valence-electron chi connectivity index (χ2n) is 3.52. The van der Waals surface area contributed by atoms with E-state index in [1.165, 1.54) is 6.07 Å². The van der Waals surface area contributed by atoms with Gasteiger partial charge in [-0.2, -0.15) is 0 Å². The van der Waals surface area contributed by atoms with Gasteiger partial charge in [0.2, 0.25) is 0 Å². The lowest BCUT2D eigenvalue weighted by molar-refractivity contribution is 0.619. The molecular weight excluding hydrogens is 179 g/mol. The molecule has 3 heteroatoms. The Bertz CT molecular complexity index is 372. The van der Waals surface area contributed by atoms with Crippen LogP contribution in [0.2, 0.25) is 0 Å². The number of benzene rings is 1. The van der Waals surface area contributed by atoms with E-state index < -0.39 is 0 Å². The maximum atomic E-state index is 13.2. The summed E-state index contributed by atoms with van der Waals surface area (Å²) in [5, 5.41) is 3.12. The van der Waals surface area contributed by atoms with Crippen LogP contribution in [0.25, 0.3) is 0 Å². The molecule has 0 saturated carbocycles. The number of nitrogens with zero attached hydrogens (tertiary/aromatic N) is 1. The van der Waals surface area contributed by atoms with E-state index in [1.54, 1.807) is 13.0 Å². The van der Waals surface area contributed by atoms with E-state index in [1.807, 2.05) is 6.07 Å². The van der Waals surface area contributed by atoms with Gasteiger partial charge in [0.1, 0.15) is 11.7 Å². The molecule has 1 aromatic rings. The lowest BCUT2D eigenvalue weighted by Crippen LogP contribution is -2.08. The van der Waals surface area contributed by atoms with Crippen molar-refractivity contribution in [3.8, 4) is 0 Å². The molecule has 0 spiro atoms. The number of amidine groups is 1. The van der Waals surface area contributed by atoms with E-state index in [9.17, 15) is 4.39 Å². The number of hydrogen-bond acceptors (Lipinski definition) is 2. The molecule has 1 heterocycles. The number of halogens is 1. The normalized spacial score (nSPS) is 15.4. The Balaban J connectivity index is 2.13. The molecule has 0 aliphatic carbocycles. The molecule has 0 radical (unpaired) electrons. The molecule has 0 bridgehead atoms. The number of aliphatic imine (C=N–C) groups is 1. The molecule has 1 N–H and O–H groups in total. The first-order valence-corrected chi connectivity index (χ1v) is 4.82. The van der Waals surface area contributed by atoms with Crippen molar-refractivity contribution in [3.05, 3.63) is 29.6 Å². The molecule has 14 heavy (non-hydrogen) atoms. The molecule has 0 fully saturated rings. The fraction of sp³-hybridized carbons (Fsp3) is 0.364. The molecule has 2 rings (SSSR count). The van der Waals surface area contributed by atoms with Gasteiger partial charge in [0.25, 0.3) is 0 Å². The number of anilines is 1. The Morgan fingerprint density at radius 2 is 2.29 bits per heavy atom. The van der Waals surface area contributed by atoms with Crippen LogP contribution in [0, 0.1) is 12.7 Å². The summed E-state index contributed by atoms with van der Waals surface area (Å²) >= 11 is 0. The summed E-state index contributed by atoms with van der Waals surface area (Å²) in [6, 6.07) is 5.16. The molecule has 0 atom stereocenters. The molecule has 0 amide bonds. The Labute approximate surface area is 82.9 Å². The fourth-order valence-corrected chi connectivity index (χ4v) is 1.48. The number of nitrogens with one attached hydrogen (secondary N) is 1. The molecule has 2 nitrogen and oxygen atoms in total. The zero-order valence-electron chi connectivity index (χ0n) is 8.18. The predicted molar refractivity (Wildman–Crippen MR) is 56.3 cm³/mol. The average molecular weight is 192 g/mol. The van der Waals surface area contributed by atoms with Crippen LogP contribution in [-0.4, -0.2) is 12.4 Å². The van der Waals surface area contributed by atoms with Crippen molar-refractivity contribution in [2.24, 2.45) is 4.99 Å². The van der Waals surface area contributed by atoms with Crippen molar-refractivity contribution < 1.29 is 4.39 Å². The highest BCUT2D eigenvalue weighted by Gasteiger charge is 2.06. The van der Waals surface area contributed by atoms with Crippen LogP contribution in [0.4, 0.5) is 10.1 Å². The summed E-state index contributed by atoms with van der Waals surface area (Å²) < 4.78 is 13.2. The van der Waals surface area contributed by atoms with Gasteiger partial charge in [-0.25, -0.2) is 4.39 Å². The number of aryl methyl sites for hydroxylation is 1. The summed E-state index contributed by atoms with van der Waals surface area (Å²) in [7, 11) is 0. The van der Waals surface area contributed by atoms with Crippen molar-refractivity contribution in [1.82, 2.24) is 0 Å². The summed E-state index contributed by atoms with van der Waals surface area (Å²) in [6.45, 7) is 2.64. The largest absolute Gasteiger partial charge is 0.344 e. The zero-order valence-corrected chi connectivity index (χ0v) is 8.18. The molecular formula is C11H13FN2. The average Bonchev–Trinajstić information content (AvgIpc) is 2.64. The number of rotatable bonds is 1. The quantitative estimate of drug-likeness (QED) is 0.727. The summed E-state index contributed by atoms with van der Waals surface area (Å²) in [5.41, 5.74) is 1.46. The van der Waals surface area contributed by atoms with Crippen LogP contribution < -0.4 is 5.32 Å². The maximum Gasteiger partial charge on any atom is 0.128 e. The van der Waals surface area contributed by atoms with Gasteiger partial charge in [-0.1, -0.05) is 6.07 Å². The van der Waals surface area contributed by atoms with Gasteiger partial charge in [-0.15, -0.1) is 0 Å². The molecule has 74 valence electrons. The van der Waals surface area contributed by atoms with Crippen molar-refractivity contribution in [2.45, 2.75) is 19.8 Å². The van der Waals surface area contributed by atoms with E-state index in [2.05, 4.69) is 10.3 Å². The second-order valence-corrected chi connectivity index (χ2v) is 3.52. The minimum atomic E-state index is -0.173. The first-order valence-electron chi connectivity index (χ1n) is 4.82. The first-order chi connectivity index (χ1) is 6.75. The fourth-order valence-electron chi connectivity index (χ4n) is 1.48. The standard InChI is InChI=1S/C11H13FN2/c1-8-4-5-9(7-10(8)12)14-11-3-2-6-13-11/h4-5,7H,2-3,6H2,1H3,(H,13,14). The summed E-state index contributed by atoms with van der Waals surface area (Å²) in [6.07, 6.45) is 2.06. The Kier molecular flexibility index (Phi) is 2.48. The van der Waals surface area contributed by atoms with Crippen molar-refractivity contribution in [3.63, 3.8) is 0 Å². The van der Waals surface area contributed by atoms with E-state index in [4.69, 9.17) is 0 Å². The van der Waals surface area contributed by atoms with E-state index in [0.717, 1.165) is 30.9 Å². The Morgan fingerprint density at radius 1 is 1.43 bits per heavy atom. The van der Waals surface area contributed by atoms with Crippen LogP contribution in [0.3, 0.4) is 0 Å². The van der Waals surface area contributed by atoms with E-state index in [-0.39, 0.29) is 5.82 Å². The zero-order chi connectivity index (χ0) is 9.97. The highest BCUT2D eigenvalue weighted by Crippen LogP contribution is 2.15. The van der Waals surface area contributed by atoms with Crippen LogP contribution in [0.5, 0.6) is 0 Å². The monoisotopic (exact) mass is 192 g/mol. The van der Waals surface area contributed by atoms with Crippen molar-refractivity contribution in [2.75, 3.05) is 11.9 Å². The molecule has 1 aromatic carbocycles. The lowest BCUT2D eigenvalue weighted by Gasteiger charge is -2.06. The van der Waals surface area contributed by atoms with Crippen molar-refractivity contribution in [1.29, 1.82) is 0 Å². The van der Waals surface area contributed by atoms with Crippen LogP contribution >= 0.6 is 0 Å². The van der Waals surface area contributed by atoms with Gasteiger partial charge >= 0.3 is 0 Å². The van der Waals surface area contributed by atoms with E-state index >= 15 is 0 Å². The SMILES string of the molecule is Cc1ccc(NC2=NCCC2)cc1F. The van der Waals surface area contributed by atoms with Gasteiger partial charge in [-0.05, 0) is 31.0 Å². The topological polar surface area (TPSA) is 24.4 Å². The first kappa shape index (κ1) is 9.19. The minimum Gasteiger partial charge on any atom is -0.344 e. The summed E-state index contributed by atoms with van der Waals surface area (Å²) in [4.78, 5) is 4.27. The van der Waals surface area contributed by atoms with Gasteiger partial charge in [0.05, 0.1) is 0 Å². The van der Waals surface area contributed by atoms with Crippen LogP contribution in [0.15, 0.2) is 23.2 Å². The van der Waals surface area contributed by atoms with Gasteiger partial charge < -0.3 is 5.32 Å². The second kappa shape index (κ2) is 3.78. The smallest absolute Gasteiger partial charge is 0.128 e. The third-order valence-electron chi connectivity index (χ3n) is 2.33. The van der Waals surface area contributed by atoms with Gasteiger partial charge in [-0.3, -0.25) is 4.99 Å². The molecule has 0 aromatic heterocycles. The highest BCUT2D eigenvalue weighted by molar-refractivity contribution is 5.96. The van der Waals surface area contributed by atoms with Gasteiger partial charge in [0.15, 0.2) is 0 Å². The lowest BCUT2D eigenvalue weighted by atomic mass is 10.2. The molecule has 0 unspecified atom stereocenters. The minimum absolute atomic E-state index is 0.173. The third-order valence-corrected chi connectivity index (χ3v) is 2.33. The summed E-state index contributed by atoms with van der Waals surface area (Å²) in [5.74, 6) is 0.793. The van der Waals surface area contributed by atoms with Crippen LogP contribution in [0.1, 0.15) is 18.4 Å². The number of hydrogen-bond donors (Lipinski definition) is 1. The molecule has 1 aliphatic rings. The third kappa shape index (κ3) is 1.92. The Hall–Kier alpha value is -1.38. The van der Waals surface area contributed by atoms with Crippen LogP contribution in [-0.2, 0) is 0 Å². The highest BCUT2D eigenvalue weighted by atomic mass is 19.1. The van der Waals surface area contributed by atoms with Crippen molar-refractivity contribution >= 4 is 11.5 Å². The maximum absolute atomic E-state index is 13.2.